The van der Waals surface area contributed by atoms with E-state index in [0.717, 1.165) is 21.9 Å². The number of nitrogens with one attached hydrogen (secondary N) is 1. The van der Waals surface area contributed by atoms with Gasteiger partial charge in [-0.3, -0.25) is 13.9 Å². The van der Waals surface area contributed by atoms with E-state index >= 15 is 0 Å². The maximum absolute atomic E-state index is 14.2. The average molecular weight is 596 g/mol. The Morgan fingerprint density at radius 2 is 1.52 bits per heavy atom. The van der Waals surface area contributed by atoms with E-state index in [1.54, 1.807) is 24.3 Å². The Labute approximate surface area is 249 Å². The molecule has 0 aromatic heterocycles. The van der Waals surface area contributed by atoms with E-state index in [1.165, 1.54) is 37.3 Å². The number of rotatable bonds is 14. The maximum atomic E-state index is 14.2. The van der Waals surface area contributed by atoms with Gasteiger partial charge in [0.2, 0.25) is 11.8 Å². The Hall–Kier alpha value is -4.05. The molecule has 0 aliphatic heterocycles. The summed E-state index contributed by atoms with van der Waals surface area (Å²) >= 11 is 0. The molecular formula is C32H41N3O6S. The summed E-state index contributed by atoms with van der Waals surface area (Å²) in [6.07, 6.45) is 1.08. The van der Waals surface area contributed by atoms with E-state index in [2.05, 4.69) is 5.32 Å². The summed E-state index contributed by atoms with van der Waals surface area (Å²) in [4.78, 5) is 29.1. The summed E-state index contributed by atoms with van der Waals surface area (Å²) in [5.74, 6) is -0.0727. The van der Waals surface area contributed by atoms with Crippen molar-refractivity contribution in [1.29, 1.82) is 0 Å². The van der Waals surface area contributed by atoms with Crippen LogP contribution >= 0.6 is 0 Å². The fraction of sp³-hybridized carbons (Fsp3) is 0.375. The standard InChI is InChI=1S/C32H41N3O6S/c1-7-24(4)33-32(37)28(8-2)34(21-25-12-10-9-11-13-25)31(36)22-35(26-16-19-29(40-5)30(20-26)41-6)42(38,39)27-17-14-23(3)15-18-27/h9-20,24,28H,7-8,21-22H2,1-6H3,(H,33,37)/t24-,28-/m0/s1. The van der Waals surface area contributed by atoms with E-state index < -0.39 is 28.5 Å². The first-order valence-electron chi connectivity index (χ1n) is 14.0. The van der Waals surface area contributed by atoms with Gasteiger partial charge < -0.3 is 19.7 Å². The molecular weight excluding hydrogens is 554 g/mol. The first-order chi connectivity index (χ1) is 20.0. The van der Waals surface area contributed by atoms with Gasteiger partial charge in [-0.2, -0.15) is 0 Å². The van der Waals surface area contributed by atoms with Crippen molar-refractivity contribution in [3.8, 4) is 11.5 Å². The molecule has 9 nitrogen and oxygen atoms in total. The van der Waals surface area contributed by atoms with Gasteiger partial charge in [0.1, 0.15) is 12.6 Å². The van der Waals surface area contributed by atoms with Crippen molar-refractivity contribution >= 4 is 27.5 Å². The molecule has 0 bridgehead atoms. The van der Waals surface area contributed by atoms with Gasteiger partial charge in [-0.25, -0.2) is 8.42 Å². The molecule has 1 N–H and O–H groups in total. The second kappa shape index (κ2) is 14.7. The van der Waals surface area contributed by atoms with Crippen LogP contribution in [0.4, 0.5) is 5.69 Å². The molecule has 0 aliphatic carbocycles. The van der Waals surface area contributed by atoms with Crippen LogP contribution in [0.3, 0.4) is 0 Å². The van der Waals surface area contributed by atoms with Gasteiger partial charge >= 0.3 is 0 Å². The van der Waals surface area contributed by atoms with E-state index in [4.69, 9.17) is 9.47 Å². The van der Waals surface area contributed by atoms with Crippen molar-refractivity contribution in [2.75, 3.05) is 25.1 Å². The number of benzene rings is 3. The number of aryl methyl sites for hydroxylation is 1. The first-order valence-corrected chi connectivity index (χ1v) is 15.4. The lowest BCUT2D eigenvalue weighted by atomic mass is 10.1. The van der Waals surface area contributed by atoms with Crippen molar-refractivity contribution in [3.05, 3.63) is 83.9 Å². The van der Waals surface area contributed by atoms with Gasteiger partial charge in [0, 0.05) is 18.7 Å². The Bertz CT molecular complexity index is 1440. The lowest BCUT2D eigenvalue weighted by Gasteiger charge is -2.33. The molecule has 0 heterocycles. The number of amides is 2. The summed E-state index contributed by atoms with van der Waals surface area (Å²) in [5.41, 5.74) is 1.94. The van der Waals surface area contributed by atoms with Crippen LogP contribution in [0.5, 0.6) is 11.5 Å². The molecule has 3 rings (SSSR count). The highest BCUT2D eigenvalue weighted by atomic mass is 32.2. The highest BCUT2D eigenvalue weighted by molar-refractivity contribution is 7.92. The number of ether oxygens (including phenoxy) is 2. The molecule has 0 saturated heterocycles. The summed E-state index contributed by atoms with van der Waals surface area (Å²) in [6, 6.07) is 19.5. The number of carbonyl (C=O) groups is 2. The molecule has 226 valence electrons. The fourth-order valence-electron chi connectivity index (χ4n) is 4.49. The zero-order valence-electron chi connectivity index (χ0n) is 25.2. The topological polar surface area (TPSA) is 105 Å². The Kier molecular flexibility index (Phi) is 11.4. The predicted molar refractivity (Wildman–Crippen MR) is 164 cm³/mol. The Morgan fingerprint density at radius 1 is 0.881 bits per heavy atom. The third-order valence-corrected chi connectivity index (χ3v) is 8.91. The van der Waals surface area contributed by atoms with Crippen LogP contribution in [0, 0.1) is 6.92 Å². The second-order valence-electron chi connectivity index (χ2n) is 10.1. The molecule has 2 amide bonds. The van der Waals surface area contributed by atoms with Gasteiger partial charge in [-0.15, -0.1) is 0 Å². The molecule has 0 unspecified atom stereocenters. The number of hydrogen-bond acceptors (Lipinski definition) is 6. The molecule has 0 radical (unpaired) electrons. The summed E-state index contributed by atoms with van der Waals surface area (Å²) in [6.45, 7) is 7.17. The van der Waals surface area contributed by atoms with Crippen LogP contribution < -0.4 is 19.1 Å². The number of carbonyl (C=O) groups excluding carboxylic acids is 2. The molecule has 10 heteroatoms. The molecule has 0 saturated carbocycles. The van der Waals surface area contributed by atoms with Gasteiger partial charge in [0.25, 0.3) is 10.0 Å². The minimum Gasteiger partial charge on any atom is -0.493 e. The number of nitrogens with zero attached hydrogens (tertiary/aromatic N) is 2. The molecule has 0 spiro atoms. The second-order valence-corrected chi connectivity index (χ2v) is 12.0. The summed E-state index contributed by atoms with van der Waals surface area (Å²) in [7, 11) is -1.27. The predicted octanol–water partition coefficient (Wildman–Crippen LogP) is 4.93. The van der Waals surface area contributed by atoms with Crippen molar-refractivity contribution < 1.29 is 27.5 Å². The van der Waals surface area contributed by atoms with Crippen molar-refractivity contribution in [2.24, 2.45) is 0 Å². The average Bonchev–Trinajstić information content (AvgIpc) is 2.99. The lowest BCUT2D eigenvalue weighted by molar-refractivity contribution is -0.140. The van der Waals surface area contributed by atoms with E-state index in [0.29, 0.717) is 17.9 Å². The maximum Gasteiger partial charge on any atom is 0.264 e. The zero-order chi connectivity index (χ0) is 30.9. The van der Waals surface area contributed by atoms with Crippen LogP contribution in [0.2, 0.25) is 0 Å². The van der Waals surface area contributed by atoms with Crippen LogP contribution in [-0.4, -0.2) is 58.0 Å². The molecule has 0 fully saturated rings. The van der Waals surface area contributed by atoms with Crippen molar-refractivity contribution in [2.45, 2.75) is 64.1 Å². The molecule has 2 atom stereocenters. The van der Waals surface area contributed by atoms with Gasteiger partial charge in [-0.1, -0.05) is 61.9 Å². The minimum atomic E-state index is -4.20. The highest BCUT2D eigenvalue weighted by Gasteiger charge is 2.34. The van der Waals surface area contributed by atoms with E-state index in [9.17, 15) is 18.0 Å². The molecule has 0 aliphatic rings. The Balaban J connectivity index is 2.10. The molecule has 3 aromatic carbocycles. The van der Waals surface area contributed by atoms with Crippen LogP contribution in [0.1, 0.15) is 44.7 Å². The van der Waals surface area contributed by atoms with Crippen LogP contribution in [-0.2, 0) is 26.2 Å². The third kappa shape index (κ3) is 7.82. The van der Waals surface area contributed by atoms with E-state index in [-0.39, 0.29) is 29.1 Å². The smallest absolute Gasteiger partial charge is 0.264 e. The van der Waals surface area contributed by atoms with Crippen molar-refractivity contribution in [3.63, 3.8) is 0 Å². The number of hydrogen-bond donors (Lipinski definition) is 1. The minimum absolute atomic E-state index is 0.0341. The number of anilines is 1. The van der Waals surface area contributed by atoms with Gasteiger partial charge in [-0.05, 0) is 56.5 Å². The van der Waals surface area contributed by atoms with Gasteiger partial charge in [0.15, 0.2) is 11.5 Å². The van der Waals surface area contributed by atoms with Crippen LogP contribution in [0.25, 0.3) is 0 Å². The van der Waals surface area contributed by atoms with Crippen LogP contribution in [0.15, 0.2) is 77.7 Å². The SMILES string of the molecule is CC[C@H](C)NC(=O)[C@H](CC)N(Cc1ccccc1)C(=O)CN(c1ccc(OC)c(OC)c1)S(=O)(=O)c1ccc(C)cc1. The molecule has 42 heavy (non-hydrogen) atoms. The first kappa shape index (κ1) is 32.5. The fourth-order valence-corrected chi connectivity index (χ4v) is 5.89. The molecule has 3 aromatic rings. The number of sulfonamides is 1. The zero-order valence-corrected chi connectivity index (χ0v) is 26.0. The quantitative estimate of drug-likeness (QED) is 0.283. The van der Waals surface area contributed by atoms with Crippen molar-refractivity contribution in [1.82, 2.24) is 10.2 Å². The van der Waals surface area contributed by atoms with Gasteiger partial charge in [0.05, 0.1) is 24.8 Å². The number of methoxy groups -OCH3 is 2. The monoisotopic (exact) mass is 595 g/mol. The normalized spacial score (nSPS) is 12.6. The Morgan fingerprint density at radius 3 is 2.10 bits per heavy atom. The summed E-state index contributed by atoms with van der Waals surface area (Å²) < 4.78 is 40.0. The van der Waals surface area contributed by atoms with E-state index in [1.807, 2.05) is 58.0 Å². The highest BCUT2D eigenvalue weighted by Crippen LogP contribution is 2.34. The lowest BCUT2D eigenvalue weighted by Crippen LogP contribution is -2.53. The third-order valence-electron chi connectivity index (χ3n) is 7.13. The largest absolute Gasteiger partial charge is 0.493 e. The summed E-state index contributed by atoms with van der Waals surface area (Å²) in [5, 5.41) is 2.98.